The van der Waals surface area contributed by atoms with Gasteiger partial charge in [0.05, 0.1) is 12.5 Å². The number of carbonyl (C=O) groups excluding carboxylic acids is 2. The third-order valence-corrected chi connectivity index (χ3v) is 4.53. The van der Waals surface area contributed by atoms with Crippen LogP contribution in [0.5, 0.6) is 0 Å². The van der Waals surface area contributed by atoms with E-state index < -0.39 is 21.7 Å². The molecule has 126 valence electrons. The Morgan fingerprint density at radius 2 is 1.87 bits per heavy atom. The van der Waals surface area contributed by atoms with Gasteiger partial charge in [0.2, 0.25) is 0 Å². The molecule has 3 atom stereocenters. The molecule has 3 unspecified atom stereocenters. The number of ether oxygens (including phenoxy) is 1. The van der Waals surface area contributed by atoms with Crippen molar-refractivity contribution in [2.45, 2.75) is 35.5 Å². The molecule has 0 saturated heterocycles. The van der Waals surface area contributed by atoms with Gasteiger partial charge in [-0.1, -0.05) is 65.1 Å². The fourth-order valence-electron chi connectivity index (χ4n) is 3.05. The summed E-state index contributed by atoms with van der Waals surface area (Å²) in [4.78, 5) is 24.3. The van der Waals surface area contributed by atoms with Crippen molar-refractivity contribution in [3.63, 3.8) is 0 Å². The van der Waals surface area contributed by atoms with Crippen molar-refractivity contribution in [1.29, 1.82) is 0 Å². The van der Waals surface area contributed by atoms with Gasteiger partial charge in [0.25, 0.3) is 9.70 Å². The first-order valence-corrected chi connectivity index (χ1v) is 8.57. The molecule has 4 nitrogen and oxygen atoms in total. The van der Waals surface area contributed by atoms with E-state index in [0.29, 0.717) is 6.42 Å². The summed E-state index contributed by atoms with van der Waals surface area (Å²) in [7, 11) is 0. The Morgan fingerprint density at radius 3 is 2.43 bits per heavy atom. The van der Waals surface area contributed by atoms with Gasteiger partial charge in [-0.15, -0.1) is 0 Å². The molecule has 0 aliphatic heterocycles. The molecular formula is C16H18Cl3NO3. The lowest BCUT2D eigenvalue weighted by molar-refractivity contribution is -0.149. The number of rotatable bonds is 4. The number of hydrogen-bond donors (Lipinski definition) is 1. The molecule has 1 amide bonds. The van der Waals surface area contributed by atoms with Crippen LogP contribution in [0.3, 0.4) is 0 Å². The average Bonchev–Trinajstić information content (AvgIpc) is 2.91. The van der Waals surface area contributed by atoms with Crippen molar-refractivity contribution in [3.05, 3.63) is 35.9 Å². The standard InChI is InChI=1S/C16H18Cl3NO3/c1-2-23-14(21)13-11(10-6-4-3-5-7-10)8-9-12(13)20-15(22)16(17,18)19/h3-7,11-13H,2,8-9H2,1H3,(H,20,22). The molecule has 0 heterocycles. The second kappa shape index (κ2) is 7.73. The van der Waals surface area contributed by atoms with Crippen LogP contribution in [0.15, 0.2) is 30.3 Å². The van der Waals surface area contributed by atoms with Crippen molar-refractivity contribution < 1.29 is 14.3 Å². The van der Waals surface area contributed by atoms with E-state index in [1.807, 2.05) is 30.3 Å². The number of halogens is 3. The van der Waals surface area contributed by atoms with E-state index >= 15 is 0 Å². The van der Waals surface area contributed by atoms with Gasteiger partial charge in [-0.2, -0.15) is 0 Å². The summed E-state index contributed by atoms with van der Waals surface area (Å²) in [6, 6.07) is 9.28. The van der Waals surface area contributed by atoms with Crippen LogP contribution in [-0.2, 0) is 14.3 Å². The number of hydrogen-bond acceptors (Lipinski definition) is 3. The summed E-state index contributed by atoms with van der Waals surface area (Å²) in [6.45, 7) is 2.03. The van der Waals surface area contributed by atoms with Crippen LogP contribution in [-0.4, -0.2) is 28.3 Å². The molecular weight excluding hydrogens is 361 g/mol. The number of benzene rings is 1. The van der Waals surface area contributed by atoms with Crippen molar-refractivity contribution in [2.24, 2.45) is 5.92 Å². The van der Waals surface area contributed by atoms with Crippen LogP contribution in [0.1, 0.15) is 31.2 Å². The summed E-state index contributed by atoms with van der Waals surface area (Å²) in [5.41, 5.74) is 1.04. The first-order valence-electron chi connectivity index (χ1n) is 7.43. The van der Waals surface area contributed by atoms with Crippen molar-refractivity contribution in [2.75, 3.05) is 6.61 Å². The van der Waals surface area contributed by atoms with Crippen LogP contribution in [0, 0.1) is 5.92 Å². The molecule has 23 heavy (non-hydrogen) atoms. The van der Waals surface area contributed by atoms with Gasteiger partial charge in [0.1, 0.15) is 0 Å². The maximum atomic E-state index is 12.4. The number of esters is 1. The molecule has 0 aromatic heterocycles. The first-order chi connectivity index (χ1) is 10.8. The Bertz CT molecular complexity index is 559. The Morgan fingerprint density at radius 1 is 1.22 bits per heavy atom. The summed E-state index contributed by atoms with van der Waals surface area (Å²) in [5, 5.41) is 2.67. The predicted octanol–water partition coefficient (Wildman–Crippen LogP) is 3.60. The number of alkyl halides is 3. The summed E-state index contributed by atoms with van der Waals surface area (Å²) in [6.07, 6.45) is 1.37. The normalized spacial score (nSPS) is 24.3. The summed E-state index contributed by atoms with van der Waals surface area (Å²) >= 11 is 16.8. The molecule has 0 bridgehead atoms. The maximum Gasteiger partial charge on any atom is 0.311 e. The molecule has 1 aliphatic rings. The minimum atomic E-state index is -2.05. The van der Waals surface area contributed by atoms with Crippen LogP contribution >= 0.6 is 34.8 Å². The van der Waals surface area contributed by atoms with E-state index in [1.54, 1.807) is 6.92 Å². The van der Waals surface area contributed by atoms with E-state index in [9.17, 15) is 9.59 Å². The van der Waals surface area contributed by atoms with Crippen LogP contribution in [0.2, 0.25) is 0 Å². The average molecular weight is 379 g/mol. The predicted molar refractivity (Wildman–Crippen MR) is 90.8 cm³/mol. The lowest BCUT2D eigenvalue weighted by Crippen LogP contribution is -2.46. The van der Waals surface area contributed by atoms with Crippen LogP contribution in [0.25, 0.3) is 0 Å². The fourth-order valence-corrected chi connectivity index (χ4v) is 3.22. The molecule has 1 fully saturated rings. The smallest absolute Gasteiger partial charge is 0.311 e. The molecule has 0 spiro atoms. The highest BCUT2D eigenvalue weighted by Crippen LogP contribution is 2.41. The van der Waals surface area contributed by atoms with E-state index in [4.69, 9.17) is 39.5 Å². The summed E-state index contributed by atoms with van der Waals surface area (Å²) in [5.74, 6) is -1.59. The quantitative estimate of drug-likeness (QED) is 0.643. The summed E-state index contributed by atoms with van der Waals surface area (Å²) < 4.78 is 3.13. The third-order valence-electron chi connectivity index (χ3n) is 4.02. The van der Waals surface area contributed by atoms with Gasteiger partial charge in [0, 0.05) is 6.04 Å². The van der Waals surface area contributed by atoms with Gasteiger partial charge in [-0.25, -0.2) is 0 Å². The van der Waals surface area contributed by atoms with Crippen molar-refractivity contribution in [1.82, 2.24) is 5.32 Å². The van der Waals surface area contributed by atoms with Crippen LogP contribution < -0.4 is 5.32 Å². The van der Waals surface area contributed by atoms with E-state index in [1.165, 1.54) is 0 Å². The monoisotopic (exact) mass is 377 g/mol. The number of carbonyl (C=O) groups is 2. The largest absolute Gasteiger partial charge is 0.466 e. The number of nitrogens with one attached hydrogen (secondary N) is 1. The highest BCUT2D eigenvalue weighted by molar-refractivity contribution is 6.76. The lowest BCUT2D eigenvalue weighted by Gasteiger charge is -2.25. The van der Waals surface area contributed by atoms with Gasteiger partial charge >= 0.3 is 5.97 Å². The Kier molecular flexibility index (Phi) is 6.18. The minimum absolute atomic E-state index is 0.0315. The second-order valence-electron chi connectivity index (χ2n) is 5.45. The zero-order valence-electron chi connectivity index (χ0n) is 12.6. The zero-order chi connectivity index (χ0) is 17.0. The maximum absolute atomic E-state index is 12.4. The SMILES string of the molecule is CCOC(=O)C1C(NC(=O)C(Cl)(Cl)Cl)CCC1c1ccccc1. The molecule has 1 aromatic rings. The Hall–Kier alpha value is -0.970. The van der Waals surface area contributed by atoms with Gasteiger partial charge in [-0.3, -0.25) is 9.59 Å². The van der Waals surface area contributed by atoms with Crippen molar-refractivity contribution in [3.8, 4) is 0 Å². The zero-order valence-corrected chi connectivity index (χ0v) is 14.9. The second-order valence-corrected chi connectivity index (χ2v) is 7.73. The highest BCUT2D eigenvalue weighted by atomic mass is 35.6. The highest BCUT2D eigenvalue weighted by Gasteiger charge is 2.45. The van der Waals surface area contributed by atoms with E-state index in [2.05, 4.69) is 5.32 Å². The third kappa shape index (κ3) is 4.52. The van der Waals surface area contributed by atoms with Gasteiger partial charge < -0.3 is 10.1 Å². The van der Waals surface area contributed by atoms with E-state index in [-0.39, 0.29) is 18.5 Å². The minimum Gasteiger partial charge on any atom is -0.466 e. The lowest BCUT2D eigenvalue weighted by atomic mass is 9.87. The number of amides is 1. The topological polar surface area (TPSA) is 55.4 Å². The Balaban J connectivity index is 2.22. The van der Waals surface area contributed by atoms with Crippen molar-refractivity contribution >= 4 is 46.7 Å². The van der Waals surface area contributed by atoms with Crippen LogP contribution in [0.4, 0.5) is 0 Å². The van der Waals surface area contributed by atoms with Gasteiger partial charge in [0.15, 0.2) is 0 Å². The van der Waals surface area contributed by atoms with Gasteiger partial charge in [-0.05, 0) is 31.2 Å². The molecule has 1 N–H and O–H groups in total. The molecule has 1 saturated carbocycles. The molecule has 0 radical (unpaired) electrons. The van der Waals surface area contributed by atoms with E-state index in [0.717, 1.165) is 12.0 Å². The molecule has 7 heteroatoms. The fraction of sp³-hybridized carbons (Fsp3) is 0.500. The molecule has 2 rings (SSSR count). The Labute approximate surface area is 150 Å². The first kappa shape index (κ1) is 18.4. The molecule has 1 aromatic carbocycles. The molecule has 1 aliphatic carbocycles.